The first-order valence-corrected chi connectivity index (χ1v) is 6.34. The van der Waals surface area contributed by atoms with Crippen LogP contribution >= 0.6 is 11.6 Å². The lowest BCUT2D eigenvalue weighted by molar-refractivity contribution is 0.291. The Hall–Kier alpha value is -1.10. The van der Waals surface area contributed by atoms with Crippen LogP contribution in [0.5, 0.6) is 6.01 Å². The van der Waals surface area contributed by atoms with E-state index in [2.05, 4.69) is 34.1 Å². The molecular formula is C11H19ClN4O. The summed E-state index contributed by atoms with van der Waals surface area (Å²) in [7, 11) is 0. The molecule has 1 aromatic rings. The minimum absolute atomic E-state index is 0.150. The fraction of sp³-hybridized carbons (Fsp3) is 0.727. The third-order valence-electron chi connectivity index (χ3n) is 2.12. The Labute approximate surface area is 107 Å². The number of aromatic nitrogens is 3. The van der Waals surface area contributed by atoms with Gasteiger partial charge in [0.2, 0.25) is 11.2 Å². The number of nitrogens with one attached hydrogen (secondary N) is 1. The molecule has 0 bridgehead atoms. The average molecular weight is 259 g/mol. The van der Waals surface area contributed by atoms with Crippen molar-refractivity contribution in [3.8, 4) is 6.01 Å². The van der Waals surface area contributed by atoms with E-state index in [4.69, 9.17) is 16.3 Å². The Morgan fingerprint density at radius 1 is 1.24 bits per heavy atom. The predicted octanol–water partition coefficient (Wildman–Crippen LogP) is 2.91. The van der Waals surface area contributed by atoms with Crippen LogP contribution in [0.3, 0.4) is 0 Å². The smallest absolute Gasteiger partial charge is 0.322 e. The molecule has 0 saturated heterocycles. The molecule has 1 unspecified atom stereocenters. The zero-order valence-corrected chi connectivity index (χ0v) is 11.3. The molecule has 0 radical (unpaired) electrons. The summed E-state index contributed by atoms with van der Waals surface area (Å²) in [6.45, 7) is 6.80. The van der Waals surface area contributed by atoms with E-state index in [9.17, 15) is 0 Å². The highest BCUT2D eigenvalue weighted by atomic mass is 35.5. The summed E-state index contributed by atoms with van der Waals surface area (Å²) in [5.41, 5.74) is 0. The van der Waals surface area contributed by atoms with E-state index in [0.29, 0.717) is 18.6 Å². The van der Waals surface area contributed by atoms with Gasteiger partial charge in [0, 0.05) is 6.04 Å². The van der Waals surface area contributed by atoms with Gasteiger partial charge in [-0.15, -0.1) is 0 Å². The second-order valence-electron chi connectivity index (χ2n) is 3.89. The van der Waals surface area contributed by atoms with Crippen molar-refractivity contribution >= 4 is 17.5 Å². The van der Waals surface area contributed by atoms with Gasteiger partial charge in [-0.25, -0.2) is 0 Å². The first-order valence-electron chi connectivity index (χ1n) is 5.96. The van der Waals surface area contributed by atoms with Crippen LogP contribution in [0.15, 0.2) is 0 Å². The molecule has 6 heteroatoms. The number of rotatable bonds is 7. The molecule has 1 heterocycles. The zero-order chi connectivity index (χ0) is 12.7. The van der Waals surface area contributed by atoms with Crippen molar-refractivity contribution in [2.75, 3.05) is 11.9 Å². The van der Waals surface area contributed by atoms with Crippen LogP contribution in [0.25, 0.3) is 0 Å². The van der Waals surface area contributed by atoms with Crippen molar-refractivity contribution in [3.63, 3.8) is 0 Å². The van der Waals surface area contributed by atoms with E-state index in [1.54, 1.807) is 0 Å². The van der Waals surface area contributed by atoms with Gasteiger partial charge in [-0.1, -0.05) is 20.3 Å². The van der Waals surface area contributed by atoms with E-state index in [-0.39, 0.29) is 11.3 Å². The summed E-state index contributed by atoms with van der Waals surface area (Å²) >= 11 is 5.81. The van der Waals surface area contributed by atoms with Crippen LogP contribution in [0.1, 0.15) is 40.0 Å². The molecule has 0 spiro atoms. The lowest BCUT2D eigenvalue weighted by Crippen LogP contribution is -2.17. The quantitative estimate of drug-likeness (QED) is 0.815. The third-order valence-corrected chi connectivity index (χ3v) is 2.29. The fourth-order valence-corrected chi connectivity index (χ4v) is 1.53. The van der Waals surface area contributed by atoms with Crippen LogP contribution < -0.4 is 10.1 Å². The number of hydrogen-bond acceptors (Lipinski definition) is 5. The van der Waals surface area contributed by atoms with Crippen LogP contribution in [0.2, 0.25) is 5.28 Å². The fourth-order valence-electron chi connectivity index (χ4n) is 1.38. The Balaban J connectivity index is 2.67. The molecule has 0 aliphatic carbocycles. The Kier molecular flexibility index (Phi) is 5.97. The van der Waals surface area contributed by atoms with Gasteiger partial charge < -0.3 is 10.1 Å². The maximum atomic E-state index is 5.81. The highest BCUT2D eigenvalue weighted by Gasteiger charge is 2.08. The maximum Gasteiger partial charge on any atom is 0.322 e. The second-order valence-corrected chi connectivity index (χ2v) is 4.23. The molecule has 1 rings (SSSR count). The molecule has 17 heavy (non-hydrogen) atoms. The molecule has 0 amide bonds. The summed E-state index contributed by atoms with van der Waals surface area (Å²) in [6, 6.07) is 0.579. The van der Waals surface area contributed by atoms with E-state index >= 15 is 0 Å². The van der Waals surface area contributed by atoms with Gasteiger partial charge in [-0.05, 0) is 31.4 Å². The van der Waals surface area contributed by atoms with Gasteiger partial charge in [0.05, 0.1) is 6.61 Å². The Morgan fingerprint density at radius 3 is 2.65 bits per heavy atom. The first kappa shape index (κ1) is 14.0. The van der Waals surface area contributed by atoms with Crippen LogP contribution in [-0.2, 0) is 0 Å². The van der Waals surface area contributed by atoms with E-state index < -0.39 is 0 Å². The molecule has 0 aliphatic rings. The van der Waals surface area contributed by atoms with Crippen molar-refractivity contribution in [3.05, 3.63) is 5.28 Å². The summed E-state index contributed by atoms with van der Waals surface area (Å²) < 4.78 is 5.33. The Bertz CT molecular complexity index is 348. The molecule has 0 aromatic carbocycles. The van der Waals surface area contributed by atoms with E-state index in [1.807, 2.05) is 6.92 Å². The van der Waals surface area contributed by atoms with Gasteiger partial charge >= 0.3 is 6.01 Å². The molecule has 0 aliphatic heterocycles. The standard InChI is InChI=1S/C11H19ClN4O/c1-4-6-8(3)13-10-14-9(12)15-11(16-10)17-7-5-2/h8H,4-7H2,1-3H3,(H,13,14,15,16). The van der Waals surface area contributed by atoms with Crippen molar-refractivity contribution in [2.24, 2.45) is 0 Å². The summed E-state index contributed by atoms with van der Waals surface area (Å²) in [5.74, 6) is 0.469. The molecule has 96 valence electrons. The molecule has 1 atom stereocenters. The first-order chi connectivity index (χ1) is 8.15. The topological polar surface area (TPSA) is 59.9 Å². The van der Waals surface area contributed by atoms with Crippen molar-refractivity contribution < 1.29 is 4.74 Å². The highest BCUT2D eigenvalue weighted by molar-refractivity contribution is 6.28. The minimum Gasteiger partial charge on any atom is -0.463 e. The molecule has 5 nitrogen and oxygen atoms in total. The zero-order valence-electron chi connectivity index (χ0n) is 10.5. The minimum atomic E-state index is 0.150. The molecule has 0 saturated carbocycles. The van der Waals surface area contributed by atoms with Gasteiger partial charge in [-0.2, -0.15) is 15.0 Å². The van der Waals surface area contributed by atoms with Crippen molar-refractivity contribution in [1.29, 1.82) is 0 Å². The number of hydrogen-bond donors (Lipinski definition) is 1. The molecule has 1 N–H and O–H groups in total. The predicted molar refractivity (Wildman–Crippen MR) is 68.6 cm³/mol. The van der Waals surface area contributed by atoms with Gasteiger partial charge in [0.1, 0.15) is 0 Å². The van der Waals surface area contributed by atoms with Crippen molar-refractivity contribution in [1.82, 2.24) is 15.0 Å². The lowest BCUT2D eigenvalue weighted by Gasteiger charge is -2.13. The van der Waals surface area contributed by atoms with Crippen LogP contribution in [0.4, 0.5) is 5.95 Å². The largest absolute Gasteiger partial charge is 0.463 e. The lowest BCUT2D eigenvalue weighted by atomic mass is 10.2. The van der Waals surface area contributed by atoms with Gasteiger partial charge in [0.25, 0.3) is 0 Å². The summed E-state index contributed by atoms with van der Waals surface area (Å²) in [5, 5.41) is 3.32. The number of ether oxygens (including phenoxy) is 1. The number of nitrogens with zero attached hydrogens (tertiary/aromatic N) is 3. The van der Waals surface area contributed by atoms with Crippen LogP contribution in [0, 0.1) is 0 Å². The molecule has 0 fully saturated rings. The van der Waals surface area contributed by atoms with Gasteiger partial charge in [0.15, 0.2) is 0 Å². The van der Waals surface area contributed by atoms with Crippen molar-refractivity contribution in [2.45, 2.75) is 46.1 Å². The second kappa shape index (κ2) is 7.27. The molecular weight excluding hydrogens is 240 g/mol. The number of halogens is 1. The van der Waals surface area contributed by atoms with E-state index in [0.717, 1.165) is 19.3 Å². The van der Waals surface area contributed by atoms with Crippen LogP contribution in [-0.4, -0.2) is 27.6 Å². The monoisotopic (exact) mass is 258 g/mol. The number of anilines is 1. The normalized spacial score (nSPS) is 12.2. The Morgan fingerprint density at radius 2 is 2.00 bits per heavy atom. The third kappa shape index (κ3) is 5.17. The summed E-state index contributed by atoms with van der Waals surface area (Å²) in [4.78, 5) is 12.1. The summed E-state index contributed by atoms with van der Waals surface area (Å²) in [6.07, 6.45) is 3.05. The van der Waals surface area contributed by atoms with E-state index in [1.165, 1.54) is 0 Å². The average Bonchev–Trinajstić information content (AvgIpc) is 2.25. The van der Waals surface area contributed by atoms with Gasteiger partial charge in [-0.3, -0.25) is 0 Å². The highest BCUT2D eigenvalue weighted by Crippen LogP contribution is 2.13. The molecule has 1 aromatic heterocycles. The SMILES string of the molecule is CCCOc1nc(Cl)nc(NC(C)CCC)n1. The maximum absolute atomic E-state index is 5.81.